The molecule has 0 atom stereocenters. The number of hydrogen-bond donors (Lipinski definition) is 2. The molecule has 8 heteroatoms. The van der Waals surface area contributed by atoms with Gasteiger partial charge < -0.3 is 14.8 Å². The van der Waals surface area contributed by atoms with Gasteiger partial charge in [-0.1, -0.05) is 41.5 Å². The number of amides is 2. The minimum Gasteiger partial charge on any atom is -0.490 e. The summed E-state index contributed by atoms with van der Waals surface area (Å²) in [6, 6.07) is 25.8. The van der Waals surface area contributed by atoms with Crippen molar-refractivity contribution in [2.45, 2.75) is 20.8 Å². The van der Waals surface area contributed by atoms with Gasteiger partial charge in [0, 0.05) is 16.8 Å². The number of ether oxygens (including phenoxy) is 2. The van der Waals surface area contributed by atoms with Gasteiger partial charge in [0.05, 0.1) is 18.4 Å². The fraction of sp³-hybridized carbons (Fsp3) is 0.125. The highest BCUT2D eigenvalue weighted by Gasteiger charge is 2.14. The molecule has 4 aromatic carbocycles. The topological polar surface area (TPSA) is 106 Å². The highest BCUT2D eigenvalue weighted by Crippen LogP contribution is 2.29. The molecule has 0 heterocycles. The van der Waals surface area contributed by atoms with Crippen LogP contribution in [0.2, 0.25) is 0 Å². The zero-order valence-corrected chi connectivity index (χ0v) is 22.4. The molecule has 2 amide bonds. The molecule has 0 saturated heterocycles. The average molecular weight is 536 g/mol. The van der Waals surface area contributed by atoms with Crippen LogP contribution in [0.5, 0.6) is 11.5 Å². The number of rotatable bonds is 9. The summed E-state index contributed by atoms with van der Waals surface area (Å²) in [6.45, 7) is 6.08. The molecule has 4 aromatic rings. The molecule has 0 aliphatic carbocycles. The van der Waals surface area contributed by atoms with Crippen molar-refractivity contribution in [1.29, 1.82) is 0 Å². The smallest absolute Gasteiger partial charge is 0.343 e. The quantitative estimate of drug-likeness (QED) is 0.119. The Morgan fingerprint density at radius 1 is 0.750 bits per heavy atom. The summed E-state index contributed by atoms with van der Waals surface area (Å²) in [6.07, 6.45) is 1.45. The second-order valence-electron chi connectivity index (χ2n) is 8.99. The van der Waals surface area contributed by atoms with Gasteiger partial charge >= 0.3 is 5.97 Å². The van der Waals surface area contributed by atoms with Crippen molar-refractivity contribution in [1.82, 2.24) is 5.43 Å². The monoisotopic (exact) mass is 535 g/mol. The fourth-order valence-electron chi connectivity index (χ4n) is 3.68. The van der Waals surface area contributed by atoms with Crippen LogP contribution in [0, 0.1) is 13.8 Å². The number of nitrogens with zero attached hydrogens (tertiary/aromatic N) is 1. The lowest BCUT2D eigenvalue weighted by molar-refractivity contribution is 0.0728. The zero-order chi connectivity index (χ0) is 28.5. The van der Waals surface area contributed by atoms with E-state index in [9.17, 15) is 14.4 Å². The Morgan fingerprint density at radius 3 is 2.10 bits per heavy atom. The number of aryl methyl sites for hydroxylation is 2. The summed E-state index contributed by atoms with van der Waals surface area (Å²) in [4.78, 5) is 37.7. The Balaban J connectivity index is 1.39. The molecular weight excluding hydrogens is 506 g/mol. The van der Waals surface area contributed by atoms with E-state index in [0.717, 1.165) is 11.1 Å². The van der Waals surface area contributed by atoms with E-state index in [1.165, 1.54) is 6.21 Å². The maximum atomic E-state index is 12.7. The second-order valence-corrected chi connectivity index (χ2v) is 8.99. The Bertz CT molecular complexity index is 1540. The molecule has 0 aliphatic heterocycles. The fourth-order valence-corrected chi connectivity index (χ4v) is 3.68. The van der Waals surface area contributed by atoms with Gasteiger partial charge in [-0.3, -0.25) is 9.59 Å². The van der Waals surface area contributed by atoms with E-state index in [4.69, 9.17) is 9.47 Å². The minimum atomic E-state index is -0.494. The van der Waals surface area contributed by atoms with Crippen molar-refractivity contribution in [3.8, 4) is 11.5 Å². The van der Waals surface area contributed by atoms with Gasteiger partial charge in [-0.15, -0.1) is 0 Å². The molecule has 0 spiro atoms. The van der Waals surface area contributed by atoms with Crippen molar-refractivity contribution in [2.24, 2.45) is 5.10 Å². The molecule has 0 radical (unpaired) electrons. The lowest BCUT2D eigenvalue weighted by Crippen LogP contribution is -2.18. The van der Waals surface area contributed by atoms with E-state index >= 15 is 0 Å². The average Bonchev–Trinajstić information content (AvgIpc) is 2.95. The van der Waals surface area contributed by atoms with Gasteiger partial charge in [0.15, 0.2) is 11.5 Å². The molecule has 0 aromatic heterocycles. The molecule has 0 fully saturated rings. The highest BCUT2D eigenvalue weighted by atomic mass is 16.6. The van der Waals surface area contributed by atoms with Gasteiger partial charge in [0.25, 0.3) is 11.8 Å². The van der Waals surface area contributed by atoms with Crippen molar-refractivity contribution >= 4 is 29.7 Å². The van der Waals surface area contributed by atoms with E-state index in [2.05, 4.69) is 15.8 Å². The van der Waals surface area contributed by atoms with Crippen LogP contribution in [0.15, 0.2) is 96.1 Å². The number of carbonyl (C=O) groups is 3. The van der Waals surface area contributed by atoms with Crippen LogP contribution >= 0.6 is 0 Å². The third-order valence-electron chi connectivity index (χ3n) is 5.83. The highest BCUT2D eigenvalue weighted by molar-refractivity contribution is 6.05. The zero-order valence-electron chi connectivity index (χ0n) is 22.4. The minimum absolute atomic E-state index is 0.270. The van der Waals surface area contributed by atoms with E-state index in [1.807, 2.05) is 45.0 Å². The first-order valence-corrected chi connectivity index (χ1v) is 12.7. The number of benzene rings is 4. The van der Waals surface area contributed by atoms with Gasteiger partial charge in [0.2, 0.25) is 0 Å². The predicted molar refractivity (Wildman–Crippen MR) is 154 cm³/mol. The standard InChI is InChI=1S/C32H29N3O5/c1-4-39-29-18-23(12-17-28(29)40-32(38)25-15-10-22(3)11-16-25)20-33-35-31(37)26-6-5-7-27(19-26)34-30(36)24-13-8-21(2)9-14-24/h5-20H,4H2,1-3H3,(H,34,36)(H,35,37). The van der Waals surface area contributed by atoms with Gasteiger partial charge in [-0.25, -0.2) is 10.2 Å². The lowest BCUT2D eigenvalue weighted by Gasteiger charge is -2.11. The summed E-state index contributed by atoms with van der Waals surface area (Å²) in [7, 11) is 0. The second kappa shape index (κ2) is 13.0. The van der Waals surface area contributed by atoms with Gasteiger partial charge in [0.1, 0.15) is 0 Å². The normalized spacial score (nSPS) is 10.7. The Kier molecular flexibility index (Phi) is 9.04. The molecule has 8 nitrogen and oxygen atoms in total. The summed E-state index contributed by atoms with van der Waals surface area (Å²) >= 11 is 0. The molecule has 2 N–H and O–H groups in total. The number of anilines is 1. The molecule has 0 unspecified atom stereocenters. The molecular formula is C32H29N3O5. The van der Waals surface area contributed by atoms with Crippen molar-refractivity contribution in [3.05, 3.63) is 124 Å². The summed E-state index contributed by atoms with van der Waals surface area (Å²) in [5.41, 5.74) is 6.97. The van der Waals surface area contributed by atoms with Crippen LogP contribution in [-0.4, -0.2) is 30.6 Å². The first kappa shape index (κ1) is 27.8. The van der Waals surface area contributed by atoms with Crippen LogP contribution < -0.4 is 20.2 Å². The van der Waals surface area contributed by atoms with Crippen molar-refractivity contribution in [3.63, 3.8) is 0 Å². The van der Waals surface area contributed by atoms with Gasteiger partial charge in [-0.05, 0) is 87.0 Å². The number of carbonyl (C=O) groups excluding carboxylic acids is 3. The number of nitrogens with one attached hydrogen (secondary N) is 2. The molecule has 0 bridgehead atoms. The SMILES string of the molecule is CCOc1cc(C=NNC(=O)c2cccc(NC(=O)c3ccc(C)cc3)c2)ccc1OC(=O)c1ccc(C)cc1. The molecule has 0 saturated carbocycles. The molecule has 40 heavy (non-hydrogen) atoms. The number of hydrogen-bond acceptors (Lipinski definition) is 6. The van der Waals surface area contributed by atoms with Crippen LogP contribution in [0.3, 0.4) is 0 Å². The van der Waals surface area contributed by atoms with Crippen LogP contribution in [0.1, 0.15) is 54.7 Å². The molecule has 0 aliphatic rings. The summed E-state index contributed by atoms with van der Waals surface area (Å²) in [5.74, 6) is -0.565. The molecule has 202 valence electrons. The summed E-state index contributed by atoms with van der Waals surface area (Å²) in [5, 5.41) is 6.83. The largest absolute Gasteiger partial charge is 0.490 e. The Labute approximate surface area is 232 Å². The lowest BCUT2D eigenvalue weighted by atomic mass is 10.1. The predicted octanol–water partition coefficient (Wildman–Crippen LogP) is 5.94. The van der Waals surface area contributed by atoms with E-state index in [-0.39, 0.29) is 11.7 Å². The third-order valence-corrected chi connectivity index (χ3v) is 5.83. The Morgan fingerprint density at radius 2 is 1.43 bits per heavy atom. The first-order valence-electron chi connectivity index (χ1n) is 12.7. The van der Waals surface area contributed by atoms with Crippen LogP contribution in [-0.2, 0) is 0 Å². The maximum Gasteiger partial charge on any atom is 0.343 e. The van der Waals surface area contributed by atoms with E-state index in [0.29, 0.717) is 40.3 Å². The van der Waals surface area contributed by atoms with E-state index < -0.39 is 11.9 Å². The summed E-state index contributed by atoms with van der Waals surface area (Å²) < 4.78 is 11.2. The molecule has 4 rings (SSSR count). The van der Waals surface area contributed by atoms with Crippen molar-refractivity contribution < 1.29 is 23.9 Å². The van der Waals surface area contributed by atoms with Crippen LogP contribution in [0.25, 0.3) is 0 Å². The van der Waals surface area contributed by atoms with E-state index in [1.54, 1.807) is 66.7 Å². The van der Waals surface area contributed by atoms with Crippen molar-refractivity contribution in [2.75, 3.05) is 11.9 Å². The maximum absolute atomic E-state index is 12.7. The third kappa shape index (κ3) is 7.41. The first-order chi connectivity index (χ1) is 19.3. The number of esters is 1. The van der Waals surface area contributed by atoms with Crippen LogP contribution in [0.4, 0.5) is 5.69 Å². The Hall–Kier alpha value is -5.24. The number of hydrazone groups is 1. The van der Waals surface area contributed by atoms with Gasteiger partial charge in [-0.2, -0.15) is 5.10 Å².